The van der Waals surface area contributed by atoms with Crippen LogP contribution in [0.15, 0.2) is 39.4 Å². The molecule has 0 aromatic heterocycles. The molecular formula is C23H29N3O2S. The highest BCUT2D eigenvalue weighted by Crippen LogP contribution is 2.64. The molecule has 5 nitrogen and oxygen atoms in total. The van der Waals surface area contributed by atoms with Crippen molar-refractivity contribution in [1.29, 1.82) is 0 Å². The van der Waals surface area contributed by atoms with Gasteiger partial charge in [-0.05, 0) is 80.0 Å². The summed E-state index contributed by atoms with van der Waals surface area (Å²) in [7, 11) is 0. The Hall–Kier alpha value is -2.08. The van der Waals surface area contributed by atoms with E-state index in [-0.39, 0.29) is 22.8 Å². The minimum Gasteiger partial charge on any atom is -0.491 e. The molecule has 0 radical (unpaired) electrons. The van der Waals surface area contributed by atoms with Crippen LogP contribution in [0.5, 0.6) is 5.75 Å². The van der Waals surface area contributed by atoms with Crippen LogP contribution in [0.4, 0.5) is 0 Å². The number of hydrogen-bond donors (Lipinski definition) is 1. The van der Waals surface area contributed by atoms with Crippen molar-refractivity contribution in [2.75, 3.05) is 0 Å². The second kappa shape index (κ2) is 7.31. The Bertz CT molecular complexity index is 915. The summed E-state index contributed by atoms with van der Waals surface area (Å²) in [4.78, 5) is 13.0. The SMILES string of the molecule is CC(C)Oc1ccc(/C=C2/SC(=NN=C3C[C@H]4CC[C@@]3(C)C4(C)C)NC2=O)cc1. The maximum absolute atomic E-state index is 12.3. The van der Waals surface area contributed by atoms with Crippen LogP contribution in [-0.2, 0) is 4.79 Å². The number of fused-ring (bicyclic) bond motifs is 2. The van der Waals surface area contributed by atoms with E-state index in [1.807, 2.05) is 44.2 Å². The second-order valence-electron chi connectivity index (χ2n) is 9.25. The standard InChI is InChI=1S/C23H29N3O2S/c1-14(2)28-17-8-6-15(7-9-17)12-18-20(27)24-21(29-18)26-25-19-13-16-10-11-23(19,5)22(16,3)4/h6-9,12,14,16H,10-11,13H2,1-5H3,(H,24,26,27)/b18-12+,25-19?/t16-,23-/m1/s1. The zero-order valence-electron chi connectivity index (χ0n) is 17.8. The third kappa shape index (κ3) is 3.63. The molecule has 1 saturated heterocycles. The molecule has 0 spiro atoms. The fraction of sp³-hybridized carbons (Fsp3) is 0.522. The van der Waals surface area contributed by atoms with Crippen molar-refractivity contribution in [3.8, 4) is 5.75 Å². The fourth-order valence-electron chi connectivity index (χ4n) is 4.73. The number of carbonyl (C=O) groups excluding carboxylic acids is 1. The topological polar surface area (TPSA) is 63.1 Å². The summed E-state index contributed by atoms with van der Waals surface area (Å²) < 4.78 is 5.66. The predicted octanol–water partition coefficient (Wildman–Crippen LogP) is 5.24. The Balaban J connectivity index is 1.48. The van der Waals surface area contributed by atoms with Crippen molar-refractivity contribution in [2.45, 2.75) is 60.0 Å². The highest BCUT2D eigenvalue weighted by molar-refractivity contribution is 8.18. The van der Waals surface area contributed by atoms with Crippen molar-refractivity contribution in [1.82, 2.24) is 5.32 Å². The minimum absolute atomic E-state index is 0.119. The van der Waals surface area contributed by atoms with Crippen molar-refractivity contribution < 1.29 is 9.53 Å². The highest BCUT2D eigenvalue weighted by atomic mass is 32.2. The van der Waals surface area contributed by atoms with Gasteiger partial charge in [0, 0.05) is 11.1 Å². The van der Waals surface area contributed by atoms with Gasteiger partial charge in [-0.15, -0.1) is 5.10 Å². The number of hydrogen-bond acceptors (Lipinski definition) is 5. The summed E-state index contributed by atoms with van der Waals surface area (Å²) in [6.07, 6.45) is 5.48. The molecule has 2 saturated carbocycles. The molecule has 1 amide bonds. The molecule has 0 unspecified atom stereocenters. The maximum Gasteiger partial charge on any atom is 0.264 e. The summed E-state index contributed by atoms with van der Waals surface area (Å²) in [5, 5.41) is 12.4. The van der Waals surface area contributed by atoms with Gasteiger partial charge in [0.2, 0.25) is 0 Å². The molecule has 1 aromatic carbocycles. The molecule has 3 aliphatic rings. The molecule has 154 valence electrons. The van der Waals surface area contributed by atoms with Crippen LogP contribution in [0, 0.1) is 16.7 Å². The second-order valence-corrected chi connectivity index (χ2v) is 10.3. The molecule has 1 N–H and O–H groups in total. The largest absolute Gasteiger partial charge is 0.491 e. The smallest absolute Gasteiger partial charge is 0.264 e. The quantitative estimate of drug-likeness (QED) is 0.545. The number of amidine groups is 1. The van der Waals surface area contributed by atoms with E-state index in [9.17, 15) is 4.79 Å². The molecule has 3 fully saturated rings. The van der Waals surface area contributed by atoms with E-state index in [1.165, 1.54) is 30.3 Å². The number of rotatable bonds is 4. The number of nitrogens with zero attached hydrogens (tertiary/aromatic N) is 2. The van der Waals surface area contributed by atoms with Crippen LogP contribution in [0.1, 0.15) is 59.4 Å². The summed E-state index contributed by atoms with van der Waals surface area (Å²) in [6, 6.07) is 7.74. The molecule has 1 heterocycles. The van der Waals surface area contributed by atoms with E-state index in [0.717, 1.165) is 17.7 Å². The van der Waals surface area contributed by atoms with Crippen LogP contribution in [0.3, 0.4) is 0 Å². The molecular weight excluding hydrogens is 382 g/mol. The third-order valence-corrected chi connectivity index (χ3v) is 7.87. The van der Waals surface area contributed by atoms with Gasteiger partial charge in [-0.3, -0.25) is 10.1 Å². The Morgan fingerprint density at radius 1 is 1.21 bits per heavy atom. The average molecular weight is 412 g/mol. The van der Waals surface area contributed by atoms with Crippen LogP contribution in [0.25, 0.3) is 6.08 Å². The normalized spacial score (nSPS) is 32.0. The van der Waals surface area contributed by atoms with Gasteiger partial charge in [0.1, 0.15) is 5.75 Å². The first-order valence-electron chi connectivity index (χ1n) is 10.3. The van der Waals surface area contributed by atoms with Crippen molar-refractivity contribution in [3.63, 3.8) is 0 Å². The van der Waals surface area contributed by atoms with E-state index >= 15 is 0 Å². The molecule has 1 aliphatic heterocycles. The van der Waals surface area contributed by atoms with Crippen molar-refractivity contribution in [3.05, 3.63) is 34.7 Å². The molecule has 29 heavy (non-hydrogen) atoms. The van der Waals surface area contributed by atoms with E-state index in [1.54, 1.807) is 0 Å². The highest BCUT2D eigenvalue weighted by Gasteiger charge is 2.60. The van der Waals surface area contributed by atoms with Gasteiger partial charge < -0.3 is 4.74 Å². The Kier molecular flexibility index (Phi) is 5.09. The van der Waals surface area contributed by atoms with Gasteiger partial charge in [-0.25, -0.2) is 0 Å². The van der Waals surface area contributed by atoms with Gasteiger partial charge >= 0.3 is 0 Å². The number of ether oxygens (including phenoxy) is 1. The Morgan fingerprint density at radius 3 is 2.52 bits per heavy atom. The van der Waals surface area contributed by atoms with E-state index < -0.39 is 0 Å². The van der Waals surface area contributed by atoms with Gasteiger partial charge in [0.25, 0.3) is 5.91 Å². The van der Waals surface area contributed by atoms with E-state index in [4.69, 9.17) is 4.74 Å². The monoisotopic (exact) mass is 411 g/mol. The van der Waals surface area contributed by atoms with E-state index in [2.05, 4.69) is 36.3 Å². The van der Waals surface area contributed by atoms with Gasteiger partial charge in [0.15, 0.2) is 5.17 Å². The first kappa shape index (κ1) is 20.2. The van der Waals surface area contributed by atoms with Crippen LogP contribution >= 0.6 is 11.8 Å². The van der Waals surface area contributed by atoms with Crippen molar-refractivity contribution in [2.24, 2.45) is 27.0 Å². The fourth-order valence-corrected chi connectivity index (χ4v) is 5.50. The number of benzene rings is 1. The van der Waals surface area contributed by atoms with E-state index in [0.29, 0.717) is 16.0 Å². The zero-order chi connectivity index (χ0) is 20.8. The maximum atomic E-state index is 12.3. The number of amides is 1. The van der Waals surface area contributed by atoms with Crippen LogP contribution in [-0.4, -0.2) is 22.9 Å². The van der Waals surface area contributed by atoms with Crippen molar-refractivity contribution >= 4 is 34.6 Å². The van der Waals surface area contributed by atoms with Crippen LogP contribution in [0.2, 0.25) is 0 Å². The van der Waals surface area contributed by atoms with Crippen LogP contribution < -0.4 is 10.1 Å². The van der Waals surface area contributed by atoms with Gasteiger partial charge in [0.05, 0.1) is 11.0 Å². The first-order valence-corrected chi connectivity index (χ1v) is 11.1. The lowest BCUT2D eigenvalue weighted by atomic mass is 9.70. The molecule has 2 aliphatic carbocycles. The first-order chi connectivity index (χ1) is 13.7. The summed E-state index contributed by atoms with van der Waals surface area (Å²) in [6.45, 7) is 11.0. The molecule has 2 atom stereocenters. The summed E-state index contributed by atoms with van der Waals surface area (Å²) in [5.74, 6) is 1.39. The zero-order valence-corrected chi connectivity index (χ0v) is 18.6. The lowest BCUT2D eigenvalue weighted by Gasteiger charge is -2.34. The summed E-state index contributed by atoms with van der Waals surface area (Å²) >= 11 is 1.34. The molecule has 4 rings (SSSR count). The minimum atomic E-state index is -0.129. The number of thioether (sulfide) groups is 1. The molecule has 2 bridgehead atoms. The van der Waals surface area contributed by atoms with Gasteiger partial charge in [-0.1, -0.05) is 32.9 Å². The van der Waals surface area contributed by atoms with Gasteiger partial charge in [-0.2, -0.15) is 5.10 Å². The average Bonchev–Trinajstić information content (AvgIpc) is 3.18. The number of nitrogens with one attached hydrogen (secondary N) is 1. The predicted molar refractivity (Wildman–Crippen MR) is 120 cm³/mol. The lowest BCUT2D eigenvalue weighted by molar-refractivity contribution is -0.115. The third-order valence-electron chi connectivity index (χ3n) is 6.97. The molecule has 1 aromatic rings. The number of carbonyl (C=O) groups is 1. The Labute approximate surface area is 177 Å². The lowest BCUT2D eigenvalue weighted by Crippen LogP contribution is -2.32. The summed E-state index contributed by atoms with van der Waals surface area (Å²) in [5.41, 5.74) is 2.52. The molecule has 6 heteroatoms. The Morgan fingerprint density at radius 2 is 1.93 bits per heavy atom.